The van der Waals surface area contributed by atoms with Gasteiger partial charge in [-0.25, -0.2) is 0 Å². The van der Waals surface area contributed by atoms with Crippen LogP contribution in [0.4, 0.5) is 5.69 Å². The Morgan fingerprint density at radius 1 is 1.08 bits per heavy atom. The maximum atomic E-state index is 9.71. The van der Waals surface area contributed by atoms with Crippen molar-refractivity contribution in [1.82, 2.24) is 9.80 Å². The number of rotatable bonds is 5. The van der Waals surface area contributed by atoms with Gasteiger partial charge in [0.15, 0.2) is 0 Å². The molecule has 0 radical (unpaired) electrons. The van der Waals surface area contributed by atoms with E-state index in [0.717, 1.165) is 37.7 Å². The van der Waals surface area contributed by atoms with Gasteiger partial charge in [0.05, 0.1) is 0 Å². The molecule has 0 saturated carbocycles. The molecule has 5 heteroatoms. The average molecular weight is 352 g/mol. The molecule has 2 aliphatic heterocycles. The molecule has 0 amide bonds. The summed E-state index contributed by atoms with van der Waals surface area (Å²) in [6.07, 6.45) is 2.41. The summed E-state index contributed by atoms with van der Waals surface area (Å²) >= 11 is 5.99. The third kappa shape index (κ3) is 4.23. The molecule has 2 saturated heterocycles. The number of hydrogen-bond donors (Lipinski definition) is 1. The number of likely N-dealkylation sites (tertiary alicyclic amines) is 1. The fraction of sp³-hybridized carbons (Fsp3) is 0.684. The Bertz CT molecular complexity index is 514. The molecule has 1 aromatic rings. The molecule has 0 aliphatic carbocycles. The van der Waals surface area contributed by atoms with Gasteiger partial charge in [0, 0.05) is 56.1 Å². The fourth-order valence-corrected chi connectivity index (χ4v) is 4.42. The van der Waals surface area contributed by atoms with Crippen molar-refractivity contribution in [1.29, 1.82) is 0 Å². The summed E-state index contributed by atoms with van der Waals surface area (Å²) in [6.45, 7) is 5.79. The van der Waals surface area contributed by atoms with Gasteiger partial charge in [-0.2, -0.15) is 0 Å². The summed E-state index contributed by atoms with van der Waals surface area (Å²) in [5.74, 6) is 1.03. The highest BCUT2D eigenvalue weighted by Gasteiger charge is 2.36. The lowest BCUT2D eigenvalue weighted by Crippen LogP contribution is -2.44. The van der Waals surface area contributed by atoms with Crippen molar-refractivity contribution in [2.45, 2.75) is 18.9 Å². The van der Waals surface area contributed by atoms with E-state index in [1.165, 1.54) is 18.5 Å². The SMILES string of the molecule is CN(C)C[C@@H]1CN(C2CCN(c3ccc(Cl)cc3)CC2)C[C@@H]1CO. The number of nitrogens with zero attached hydrogens (tertiary/aromatic N) is 3. The van der Waals surface area contributed by atoms with Crippen molar-refractivity contribution in [2.24, 2.45) is 11.8 Å². The van der Waals surface area contributed by atoms with E-state index in [-0.39, 0.29) is 0 Å². The second kappa shape index (κ2) is 8.05. The molecule has 2 fully saturated rings. The van der Waals surface area contributed by atoms with E-state index in [1.54, 1.807) is 0 Å². The van der Waals surface area contributed by atoms with E-state index in [9.17, 15) is 5.11 Å². The second-order valence-electron chi connectivity index (χ2n) is 7.61. The number of hydrogen-bond acceptors (Lipinski definition) is 4. The number of anilines is 1. The molecule has 2 heterocycles. The summed E-state index contributed by atoms with van der Waals surface area (Å²) in [6, 6.07) is 8.85. The van der Waals surface area contributed by atoms with Crippen molar-refractivity contribution >= 4 is 17.3 Å². The normalized spacial score (nSPS) is 26.5. The quantitative estimate of drug-likeness (QED) is 0.882. The first-order valence-corrected chi connectivity index (χ1v) is 9.44. The highest BCUT2D eigenvalue weighted by Crippen LogP contribution is 2.30. The largest absolute Gasteiger partial charge is 0.396 e. The van der Waals surface area contributed by atoms with Gasteiger partial charge in [0.2, 0.25) is 0 Å². The Labute approximate surface area is 151 Å². The maximum absolute atomic E-state index is 9.71. The fourth-order valence-electron chi connectivity index (χ4n) is 4.30. The van der Waals surface area contributed by atoms with Gasteiger partial charge >= 0.3 is 0 Å². The van der Waals surface area contributed by atoms with Crippen molar-refractivity contribution in [3.05, 3.63) is 29.3 Å². The zero-order chi connectivity index (χ0) is 17.1. The van der Waals surface area contributed by atoms with Crippen LogP contribution in [-0.4, -0.2) is 74.4 Å². The molecule has 0 spiro atoms. The highest BCUT2D eigenvalue weighted by atomic mass is 35.5. The Morgan fingerprint density at radius 3 is 2.29 bits per heavy atom. The summed E-state index contributed by atoms with van der Waals surface area (Å²) < 4.78 is 0. The molecule has 0 aromatic heterocycles. The first-order valence-electron chi connectivity index (χ1n) is 9.07. The smallest absolute Gasteiger partial charge is 0.0475 e. The molecule has 3 rings (SSSR count). The lowest BCUT2D eigenvalue weighted by atomic mass is 9.97. The van der Waals surface area contributed by atoms with E-state index < -0.39 is 0 Å². The van der Waals surface area contributed by atoms with E-state index in [4.69, 9.17) is 11.6 Å². The molecular formula is C19H30ClN3O. The Hall–Kier alpha value is -0.810. The van der Waals surface area contributed by atoms with Crippen LogP contribution >= 0.6 is 11.6 Å². The van der Waals surface area contributed by atoms with Crippen molar-refractivity contribution in [3.63, 3.8) is 0 Å². The minimum atomic E-state index is 0.318. The van der Waals surface area contributed by atoms with Gasteiger partial charge in [0.25, 0.3) is 0 Å². The van der Waals surface area contributed by atoms with Gasteiger partial charge in [-0.05, 0) is 63.0 Å². The second-order valence-corrected chi connectivity index (χ2v) is 8.05. The molecule has 2 atom stereocenters. The first-order chi connectivity index (χ1) is 11.6. The number of halogens is 1. The number of piperidine rings is 1. The Kier molecular flexibility index (Phi) is 6.03. The third-order valence-corrected chi connectivity index (χ3v) is 5.86. The summed E-state index contributed by atoms with van der Waals surface area (Å²) in [4.78, 5) is 7.35. The van der Waals surface area contributed by atoms with Crippen LogP contribution in [0.3, 0.4) is 0 Å². The maximum Gasteiger partial charge on any atom is 0.0475 e. The number of aliphatic hydroxyl groups excluding tert-OH is 1. The molecule has 0 unspecified atom stereocenters. The first kappa shape index (κ1) is 18.0. The Morgan fingerprint density at radius 2 is 1.71 bits per heavy atom. The summed E-state index contributed by atoms with van der Waals surface area (Å²) in [5.41, 5.74) is 1.28. The molecule has 4 nitrogen and oxygen atoms in total. The monoisotopic (exact) mass is 351 g/mol. The average Bonchev–Trinajstić information content (AvgIpc) is 2.98. The van der Waals surface area contributed by atoms with Crippen LogP contribution in [0.5, 0.6) is 0 Å². The zero-order valence-corrected chi connectivity index (χ0v) is 15.6. The predicted octanol–water partition coefficient (Wildman–Crippen LogP) is 2.41. The molecule has 1 N–H and O–H groups in total. The number of benzene rings is 1. The standard InChI is InChI=1S/C19H30ClN3O/c1-21(2)11-15-12-23(13-16(15)14-24)19-7-9-22(10-8-19)18-5-3-17(20)4-6-18/h3-6,15-16,19,24H,7-14H2,1-2H3/t15-,16-/m1/s1. The van der Waals surface area contributed by atoms with Gasteiger partial charge < -0.3 is 14.9 Å². The van der Waals surface area contributed by atoms with Crippen molar-refractivity contribution < 1.29 is 5.11 Å². The van der Waals surface area contributed by atoms with Gasteiger partial charge in [0.1, 0.15) is 0 Å². The lowest BCUT2D eigenvalue weighted by molar-refractivity contribution is 0.175. The lowest BCUT2D eigenvalue weighted by Gasteiger charge is -2.38. The van der Waals surface area contributed by atoms with Gasteiger partial charge in [-0.1, -0.05) is 11.6 Å². The highest BCUT2D eigenvalue weighted by molar-refractivity contribution is 6.30. The minimum Gasteiger partial charge on any atom is -0.396 e. The number of aliphatic hydroxyl groups is 1. The van der Waals surface area contributed by atoms with Crippen LogP contribution < -0.4 is 4.90 Å². The van der Waals surface area contributed by atoms with Crippen molar-refractivity contribution in [2.75, 3.05) is 58.3 Å². The summed E-state index contributed by atoms with van der Waals surface area (Å²) in [7, 11) is 4.25. The minimum absolute atomic E-state index is 0.318. The van der Waals surface area contributed by atoms with Crippen LogP contribution in [0.15, 0.2) is 24.3 Å². The van der Waals surface area contributed by atoms with Gasteiger partial charge in [-0.15, -0.1) is 0 Å². The topological polar surface area (TPSA) is 30.0 Å². The third-order valence-electron chi connectivity index (χ3n) is 5.61. The van der Waals surface area contributed by atoms with Crippen LogP contribution in [0.1, 0.15) is 12.8 Å². The van der Waals surface area contributed by atoms with E-state index >= 15 is 0 Å². The van der Waals surface area contributed by atoms with E-state index in [1.807, 2.05) is 12.1 Å². The van der Waals surface area contributed by atoms with Gasteiger partial charge in [-0.3, -0.25) is 4.90 Å². The van der Waals surface area contributed by atoms with Crippen LogP contribution in [0.2, 0.25) is 5.02 Å². The molecule has 1 aromatic carbocycles. The van der Waals surface area contributed by atoms with E-state index in [0.29, 0.717) is 24.5 Å². The Balaban J connectivity index is 1.54. The van der Waals surface area contributed by atoms with Crippen molar-refractivity contribution in [3.8, 4) is 0 Å². The molecule has 134 valence electrons. The van der Waals surface area contributed by atoms with Crippen LogP contribution in [0.25, 0.3) is 0 Å². The summed E-state index contributed by atoms with van der Waals surface area (Å²) in [5, 5.41) is 10.5. The molecule has 0 bridgehead atoms. The van der Waals surface area contributed by atoms with E-state index in [2.05, 4.69) is 40.9 Å². The molecular weight excluding hydrogens is 322 g/mol. The van der Waals surface area contributed by atoms with Crippen LogP contribution in [0, 0.1) is 11.8 Å². The molecule has 2 aliphatic rings. The van der Waals surface area contributed by atoms with Crippen LogP contribution in [-0.2, 0) is 0 Å². The molecule has 24 heavy (non-hydrogen) atoms. The zero-order valence-electron chi connectivity index (χ0n) is 14.9. The predicted molar refractivity (Wildman–Crippen MR) is 101 cm³/mol.